The Labute approximate surface area is 117 Å². The highest BCUT2D eigenvalue weighted by Gasteiger charge is 2.24. The molecule has 3 rings (SSSR count). The molecule has 5 heteroatoms. The predicted octanol–water partition coefficient (Wildman–Crippen LogP) is 2.19. The van der Waals surface area contributed by atoms with E-state index in [4.69, 9.17) is 0 Å². The maximum atomic E-state index is 11.9. The van der Waals surface area contributed by atoms with Gasteiger partial charge in [0, 0.05) is 42.8 Å². The molecule has 2 aromatic rings. The Morgan fingerprint density at radius 2 is 2.10 bits per heavy atom. The fourth-order valence-electron chi connectivity index (χ4n) is 2.72. The molecule has 104 valence electrons. The summed E-state index contributed by atoms with van der Waals surface area (Å²) in [5.41, 5.74) is 3.25. The summed E-state index contributed by atoms with van der Waals surface area (Å²) >= 11 is 0. The second-order valence-corrected chi connectivity index (χ2v) is 5.08. The van der Waals surface area contributed by atoms with Crippen LogP contribution in [0.25, 0.3) is 10.9 Å². The van der Waals surface area contributed by atoms with Crippen molar-refractivity contribution in [1.82, 2.24) is 9.88 Å². The van der Waals surface area contributed by atoms with E-state index in [1.54, 1.807) is 4.90 Å². The van der Waals surface area contributed by atoms with Crippen LogP contribution in [0.2, 0.25) is 0 Å². The van der Waals surface area contributed by atoms with E-state index in [2.05, 4.69) is 23.0 Å². The molecule has 5 nitrogen and oxygen atoms in total. The topological polar surface area (TPSA) is 54.3 Å². The average molecular weight is 271 g/mol. The third-order valence-corrected chi connectivity index (χ3v) is 3.80. The van der Waals surface area contributed by atoms with E-state index in [0.717, 1.165) is 23.0 Å². The number of fused-ring (bicyclic) bond motifs is 1. The Morgan fingerprint density at radius 1 is 1.30 bits per heavy atom. The van der Waals surface area contributed by atoms with E-state index in [1.807, 2.05) is 25.2 Å². The minimum absolute atomic E-state index is 0.207. The van der Waals surface area contributed by atoms with E-state index >= 15 is 0 Å². The fourth-order valence-corrected chi connectivity index (χ4v) is 2.72. The van der Waals surface area contributed by atoms with E-state index < -0.39 is 0 Å². The Bertz CT molecular complexity index is 702. The summed E-state index contributed by atoms with van der Waals surface area (Å²) in [5, 5.41) is 3.52. The number of carbonyl (C=O) groups excluding carboxylic acids is 2. The molecule has 0 bridgehead atoms. The van der Waals surface area contributed by atoms with Gasteiger partial charge < -0.3 is 4.57 Å². The van der Waals surface area contributed by atoms with Gasteiger partial charge >= 0.3 is 6.03 Å². The quantitative estimate of drug-likeness (QED) is 0.910. The zero-order valence-electron chi connectivity index (χ0n) is 11.6. The number of nitrogens with one attached hydrogen (secondary N) is 1. The highest BCUT2D eigenvalue weighted by Crippen LogP contribution is 2.27. The SMILES string of the molecule is CCc1cn(C)c2ccc(N3CCC(=O)NC3=O)cc12. The van der Waals surface area contributed by atoms with Crippen LogP contribution in [0.3, 0.4) is 0 Å². The minimum atomic E-state index is -0.338. The van der Waals surface area contributed by atoms with E-state index in [-0.39, 0.29) is 11.9 Å². The summed E-state index contributed by atoms with van der Waals surface area (Å²) in [7, 11) is 2.02. The molecule has 2 heterocycles. The lowest BCUT2D eigenvalue weighted by molar-refractivity contribution is -0.120. The van der Waals surface area contributed by atoms with Gasteiger partial charge in [-0.3, -0.25) is 15.0 Å². The Balaban J connectivity index is 2.04. The first-order valence-corrected chi connectivity index (χ1v) is 6.79. The molecule has 0 saturated carbocycles. The second-order valence-electron chi connectivity index (χ2n) is 5.08. The van der Waals surface area contributed by atoms with Crippen molar-refractivity contribution in [2.24, 2.45) is 7.05 Å². The minimum Gasteiger partial charge on any atom is -0.350 e. The number of anilines is 1. The molecule has 0 aliphatic carbocycles. The molecule has 1 aromatic heterocycles. The van der Waals surface area contributed by atoms with Crippen molar-refractivity contribution in [3.8, 4) is 0 Å². The van der Waals surface area contributed by atoms with E-state index in [9.17, 15) is 9.59 Å². The van der Waals surface area contributed by atoms with Crippen molar-refractivity contribution >= 4 is 28.5 Å². The molecule has 0 unspecified atom stereocenters. The number of imide groups is 1. The molecule has 3 amide bonds. The molecule has 1 N–H and O–H groups in total. The zero-order valence-corrected chi connectivity index (χ0v) is 11.6. The first-order chi connectivity index (χ1) is 9.60. The number of hydrogen-bond acceptors (Lipinski definition) is 2. The zero-order chi connectivity index (χ0) is 14.3. The lowest BCUT2D eigenvalue weighted by Gasteiger charge is -2.26. The van der Waals surface area contributed by atoms with E-state index in [1.165, 1.54) is 5.56 Å². The monoisotopic (exact) mass is 271 g/mol. The van der Waals surface area contributed by atoms with Gasteiger partial charge in [-0.05, 0) is 30.2 Å². The molecule has 1 aromatic carbocycles. The molecule has 1 fully saturated rings. The van der Waals surface area contributed by atoms with Gasteiger partial charge in [0.25, 0.3) is 0 Å². The summed E-state index contributed by atoms with van der Waals surface area (Å²) < 4.78 is 2.09. The van der Waals surface area contributed by atoms with Crippen molar-refractivity contribution in [2.75, 3.05) is 11.4 Å². The Hall–Kier alpha value is -2.30. The molecular formula is C15H17N3O2. The van der Waals surface area contributed by atoms with Crippen LogP contribution in [-0.2, 0) is 18.3 Å². The van der Waals surface area contributed by atoms with Crippen molar-refractivity contribution in [2.45, 2.75) is 19.8 Å². The normalized spacial score (nSPS) is 15.8. The second kappa shape index (κ2) is 4.67. The molecule has 0 spiro atoms. The van der Waals surface area contributed by atoms with Gasteiger partial charge in [0.15, 0.2) is 0 Å². The maximum absolute atomic E-state index is 11.9. The summed E-state index contributed by atoms with van der Waals surface area (Å²) in [4.78, 5) is 24.7. The predicted molar refractivity (Wildman–Crippen MR) is 77.8 cm³/mol. The highest BCUT2D eigenvalue weighted by molar-refractivity contribution is 6.06. The number of nitrogens with zero attached hydrogens (tertiary/aromatic N) is 2. The van der Waals surface area contributed by atoms with Crippen LogP contribution in [-0.4, -0.2) is 23.1 Å². The smallest absolute Gasteiger partial charge is 0.328 e. The van der Waals surface area contributed by atoms with Crippen molar-refractivity contribution in [3.63, 3.8) is 0 Å². The third kappa shape index (κ3) is 1.95. The van der Waals surface area contributed by atoms with Gasteiger partial charge in [-0.1, -0.05) is 6.92 Å². The van der Waals surface area contributed by atoms with Gasteiger partial charge in [-0.2, -0.15) is 0 Å². The molecule has 1 saturated heterocycles. The molecule has 1 aliphatic heterocycles. The number of carbonyl (C=O) groups is 2. The van der Waals surface area contributed by atoms with Crippen LogP contribution >= 0.6 is 0 Å². The lowest BCUT2D eigenvalue weighted by Crippen LogP contribution is -2.49. The van der Waals surface area contributed by atoms with Gasteiger partial charge in [0.05, 0.1) is 0 Å². The number of aromatic nitrogens is 1. The summed E-state index contributed by atoms with van der Waals surface area (Å²) in [6, 6.07) is 5.64. The van der Waals surface area contributed by atoms with E-state index in [0.29, 0.717) is 13.0 Å². The van der Waals surface area contributed by atoms with Crippen LogP contribution < -0.4 is 10.2 Å². The summed E-state index contributed by atoms with van der Waals surface area (Å²) in [6.45, 7) is 2.55. The first-order valence-electron chi connectivity index (χ1n) is 6.79. The van der Waals surface area contributed by atoms with Gasteiger partial charge in [0.2, 0.25) is 5.91 Å². The number of hydrogen-bond donors (Lipinski definition) is 1. The van der Waals surface area contributed by atoms with Crippen LogP contribution in [0, 0.1) is 0 Å². The largest absolute Gasteiger partial charge is 0.350 e. The molecule has 0 radical (unpaired) electrons. The van der Waals surface area contributed by atoms with Crippen molar-refractivity contribution in [3.05, 3.63) is 30.0 Å². The van der Waals surface area contributed by atoms with Crippen molar-refractivity contribution in [1.29, 1.82) is 0 Å². The third-order valence-electron chi connectivity index (χ3n) is 3.80. The lowest BCUT2D eigenvalue weighted by atomic mass is 10.1. The fraction of sp³-hybridized carbons (Fsp3) is 0.333. The number of aryl methyl sites for hydroxylation is 2. The number of benzene rings is 1. The van der Waals surface area contributed by atoms with Gasteiger partial charge in [-0.25, -0.2) is 4.79 Å². The Morgan fingerprint density at radius 3 is 2.80 bits per heavy atom. The van der Waals surface area contributed by atoms with Gasteiger partial charge in [0.1, 0.15) is 0 Å². The summed E-state index contributed by atoms with van der Waals surface area (Å²) in [6.07, 6.45) is 3.42. The average Bonchev–Trinajstić information content (AvgIpc) is 2.75. The van der Waals surface area contributed by atoms with Crippen LogP contribution in [0.5, 0.6) is 0 Å². The molecule has 20 heavy (non-hydrogen) atoms. The number of amides is 3. The molecule has 1 aliphatic rings. The van der Waals surface area contributed by atoms with Crippen LogP contribution in [0.15, 0.2) is 24.4 Å². The summed E-state index contributed by atoms with van der Waals surface area (Å²) in [5.74, 6) is -0.207. The Kier molecular flexibility index (Phi) is 2.97. The first kappa shape index (κ1) is 12.7. The van der Waals surface area contributed by atoms with Gasteiger partial charge in [-0.15, -0.1) is 0 Å². The standard InChI is InChI=1S/C15H17N3O2/c1-3-10-9-17(2)13-5-4-11(8-12(10)13)18-7-6-14(19)16-15(18)20/h4-5,8-9H,3,6-7H2,1-2H3,(H,16,19,20). The molecule has 0 atom stereocenters. The molecular weight excluding hydrogens is 254 g/mol. The van der Waals surface area contributed by atoms with Crippen LogP contribution in [0.4, 0.5) is 10.5 Å². The van der Waals surface area contributed by atoms with Crippen LogP contribution in [0.1, 0.15) is 18.9 Å². The maximum Gasteiger partial charge on any atom is 0.328 e. The highest BCUT2D eigenvalue weighted by atomic mass is 16.2. The van der Waals surface area contributed by atoms with Crippen molar-refractivity contribution < 1.29 is 9.59 Å². The number of rotatable bonds is 2. The number of urea groups is 1.